The van der Waals surface area contributed by atoms with Gasteiger partial charge in [0.25, 0.3) is 0 Å². The van der Waals surface area contributed by atoms with Gasteiger partial charge in [-0.3, -0.25) is 9.59 Å². The lowest BCUT2D eigenvalue weighted by Crippen LogP contribution is -1.98. The Kier molecular flexibility index (Phi) is 6.99. The van der Waals surface area contributed by atoms with E-state index in [-0.39, 0.29) is 17.4 Å². The Balaban J connectivity index is 0.000000200. The predicted octanol–water partition coefficient (Wildman–Crippen LogP) is 4.65. The maximum absolute atomic E-state index is 10.9. The number of halogens is 2. The van der Waals surface area contributed by atoms with Crippen LogP contribution in [0, 0.1) is 0 Å². The summed E-state index contributed by atoms with van der Waals surface area (Å²) in [5, 5.41) is 0.523. The first kappa shape index (κ1) is 16.4. The van der Waals surface area contributed by atoms with E-state index < -0.39 is 0 Å². The molecule has 0 fully saturated rings. The average Bonchev–Trinajstić information content (AvgIpc) is 2.48. The fourth-order valence-electron chi connectivity index (χ4n) is 1.45. The van der Waals surface area contributed by atoms with Gasteiger partial charge in [0.15, 0.2) is 11.6 Å². The molecule has 0 N–H and O–H groups in total. The van der Waals surface area contributed by atoms with Crippen molar-refractivity contribution < 1.29 is 9.59 Å². The number of carbonyl (C=O) groups excluding carboxylic acids is 2. The van der Waals surface area contributed by atoms with Gasteiger partial charge in [-0.25, -0.2) is 0 Å². The maximum Gasteiger partial charge on any atom is 0.177 e. The second-order valence-corrected chi connectivity index (χ2v) is 4.63. The molecule has 0 atom stereocenters. The van der Waals surface area contributed by atoms with Crippen LogP contribution in [0.4, 0.5) is 0 Å². The maximum atomic E-state index is 10.9. The van der Waals surface area contributed by atoms with E-state index in [1.807, 2.05) is 18.2 Å². The molecule has 0 unspecified atom stereocenters. The van der Waals surface area contributed by atoms with E-state index in [0.29, 0.717) is 16.1 Å². The van der Waals surface area contributed by atoms with Crippen molar-refractivity contribution in [2.75, 3.05) is 5.88 Å². The molecule has 0 aliphatic carbocycles. The third-order valence-electron chi connectivity index (χ3n) is 2.47. The van der Waals surface area contributed by atoms with Gasteiger partial charge in [-0.1, -0.05) is 54.1 Å². The minimum Gasteiger partial charge on any atom is -0.294 e. The summed E-state index contributed by atoms with van der Waals surface area (Å²) in [6, 6.07) is 16.0. The van der Waals surface area contributed by atoms with Crippen LogP contribution in [0.15, 0.2) is 54.6 Å². The highest BCUT2D eigenvalue weighted by atomic mass is 35.5. The Morgan fingerprint density at radius 3 is 1.95 bits per heavy atom. The molecule has 2 nitrogen and oxygen atoms in total. The molecular formula is C16H14Cl2O2. The Labute approximate surface area is 128 Å². The monoisotopic (exact) mass is 308 g/mol. The lowest BCUT2D eigenvalue weighted by Gasteiger charge is -1.95. The summed E-state index contributed by atoms with van der Waals surface area (Å²) in [5.74, 6) is 0.0390. The highest BCUT2D eigenvalue weighted by Gasteiger charge is 2.01. The number of hydrogen-bond donors (Lipinski definition) is 0. The van der Waals surface area contributed by atoms with Crippen LogP contribution in [0.1, 0.15) is 27.6 Å². The van der Waals surface area contributed by atoms with Crippen LogP contribution in [-0.4, -0.2) is 17.4 Å². The van der Waals surface area contributed by atoms with Crippen molar-refractivity contribution in [3.05, 3.63) is 70.7 Å². The summed E-state index contributed by atoms with van der Waals surface area (Å²) < 4.78 is 0. The summed E-state index contributed by atoms with van der Waals surface area (Å²) in [4.78, 5) is 21.7. The van der Waals surface area contributed by atoms with Crippen LogP contribution in [0.2, 0.25) is 5.02 Å². The molecule has 0 radical (unpaired) electrons. The number of ketones is 2. The van der Waals surface area contributed by atoms with Crippen molar-refractivity contribution in [1.82, 2.24) is 0 Å². The largest absolute Gasteiger partial charge is 0.294 e. The van der Waals surface area contributed by atoms with Crippen molar-refractivity contribution in [3.63, 3.8) is 0 Å². The quantitative estimate of drug-likeness (QED) is 0.611. The molecule has 2 aromatic carbocycles. The number of hydrogen-bond acceptors (Lipinski definition) is 2. The van der Waals surface area contributed by atoms with Crippen molar-refractivity contribution in [2.24, 2.45) is 0 Å². The fourth-order valence-corrected chi connectivity index (χ4v) is 1.87. The van der Waals surface area contributed by atoms with Gasteiger partial charge >= 0.3 is 0 Å². The number of alkyl halides is 1. The van der Waals surface area contributed by atoms with Crippen molar-refractivity contribution in [1.29, 1.82) is 0 Å². The third-order valence-corrected chi connectivity index (χ3v) is 3.04. The van der Waals surface area contributed by atoms with E-state index in [2.05, 4.69) is 0 Å². The van der Waals surface area contributed by atoms with Crippen LogP contribution in [0.5, 0.6) is 0 Å². The van der Waals surface area contributed by atoms with E-state index in [4.69, 9.17) is 23.2 Å². The van der Waals surface area contributed by atoms with Crippen molar-refractivity contribution in [3.8, 4) is 0 Å². The zero-order valence-electron chi connectivity index (χ0n) is 11.0. The van der Waals surface area contributed by atoms with E-state index in [1.165, 1.54) is 6.92 Å². The van der Waals surface area contributed by atoms with Gasteiger partial charge in [0.1, 0.15) is 0 Å². The minimum absolute atomic E-state index is 0.00519. The summed E-state index contributed by atoms with van der Waals surface area (Å²) in [6.07, 6.45) is 0. The molecule has 20 heavy (non-hydrogen) atoms. The summed E-state index contributed by atoms with van der Waals surface area (Å²) in [7, 11) is 0. The molecule has 0 bridgehead atoms. The lowest BCUT2D eigenvalue weighted by atomic mass is 10.1. The zero-order chi connectivity index (χ0) is 15.0. The molecule has 104 valence electrons. The molecule has 2 rings (SSSR count). The van der Waals surface area contributed by atoms with Gasteiger partial charge < -0.3 is 0 Å². The van der Waals surface area contributed by atoms with E-state index >= 15 is 0 Å². The first-order chi connectivity index (χ1) is 9.56. The van der Waals surface area contributed by atoms with Crippen LogP contribution in [0.3, 0.4) is 0 Å². The normalized spacial score (nSPS) is 9.35. The minimum atomic E-state index is -0.0257. The number of carbonyl (C=O) groups is 2. The SMILES string of the molecule is CC(=O)c1ccccc1Cl.O=C(CCl)c1ccccc1. The standard InChI is InChI=1S/2C8H7ClO/c1-6(10)7-4-2-3-5-8(7)9;9-6-8(10)7-4-2-1-3-5-7/h2-5H,1H3;1-5H,6H2. The van der Waals surface area contributed by atoms with Crippen LogP contribution >= 0.6 is 23.2 Å². The Morgan fingerprint density at radius 1 is 0.950 bits per heavy atom. The van der Waals surface area contributed by atoms with E-state index in [0.717, 1.165) is 0 Å². The smallest absolute Gasteiger partial charge is 0.177 e. The number of rotatable bonds is 3. The van der Waals surface area contributed by atoms with Gasteiger partial charge in [-0.05, 0) is 19.1 Å². The second-order valence-electron chi connectivity index (χ2n) is 3.96. The van der Waals surface area contributed by atoms with Crippen LogP contribution < -0.4 is 0 Å². The molecule has 4 heteroatoms. The van der Waals surface area contributed by atoms with Crippen LogP contribution in [0.25, 0.3) is 0 Å². The highest BCUT2D eigenvalue weighted by molar-refractivity contribution is 6.33. The first-order valence-electron chi connectivity index (χ1n) is 5.96. The fraction of sp³-hybridized carbons (Fsp3) is 0.125. The molecule has 0 spiro atoms. The van der Waals surface area contributed by atoms with Gasteiger partial charge in [-0.2, -0.15) is 0 Å². The lowest BCUT2D eigenvalue weighted by molar-refractivity contribution is 0.101. The molecule has 0 aromatic heterocycles. The molecule has 0 saturated heterocycles. The van der Waals surface area contributed by atoms with E-state index in [9.17, 15) is 9.59 Å². The zero-order valence-corrected chi connectivity index (χ0v) is 12.5. The summed E-state index contributed by atoms with van der Waals surface area (Å²) >= 11 is 11.0. The third kappa shape index (κ3) is 5.16. The predicted molar refractivity (Wildman–Crippen MR) is 82.9 cm³/mol. The molecule has 0 saturated carbocycles. The Morgan fingerprint density at radius 2 is 1.50 bits per heavy atom. The molecule has 0 heterocycles. The van der Waals surface area contributed by atoms with Gasteiger partial charge in [0.05, 0.1) is 10.9 Å². The topological polar surface area (TPSA) is 34.1 Å². The van der Waals surface area contributed by atoms with Gasteiger partial charge in [0, 0.05) is 11.1 Å². The average molecular weight is 309 g/mol. The Bertz CT molecular complexity index is 580. The van der Waals surface area contributed by atoms with Crippen molar-refractivity contribution >= 4 is 34.8 Å². The molecule has 2 aromatic rings. The molecule has 0 aliphatic rings. The van der Waals surface area contributed by atoms with Gasteiger partial charge in [-0.15, -0.1) is 11.6 Å². The van der Waals surface area contributed by atoms with Gasteiger partial charge in [0.2, 0.25) is 0 Å². The van der Waals surface area contributed by atoms with Crippen LogP contribution in [-0.2, 0) is 0 Å². The number of benzene rings is 2. The molecular weight excluding hydrogens is 295 g/mol. The summed E-state index contributed by atoms with van der Waals surface area (Å²) in [5.41, 5.74) is 1.27. The summed E-state index contributed by atoms with van der Waals surface area (Å²) in [6.45, 7) is 1.50. The number of Topliss-reactive ketones (excluding diaryl/α,β-unsaturated/α-hetero) is 2. The second kappa shape index (κ2) is 8.51. The highest BCUT2D eigenvalue weighted by Crippen LogP contribution is 2.14. The van der Waals surface area contributed by atoms with Crippen molar-refractivity contribution in [2.45, 2.75) is 6.92 Å². The first-order valence-corrected chi connectivity index (χ1v) is 6.87. The Hall–Kier alpha value is -1.64. The van der Waals surface area contributed by atoms with E-state index in [1.54, 1.807) is 36.4 Å². The molecule has 0 aliphatic heterocycles. The molecule has 0 amide bonds.